The van der Waals surface area contributed by atoms with Crippen molar-refractivity contribution in [3.05, 3.63) is 0 Å². The van der Waals surface area contributed by atoms with Crippen LogP contribution in [0.1, 0.15) is 39.5 Å². The zero-order chi connectivity index (χ0) is 15.4. The minimum atomic E-state index is -0.885. The quantitative estimate of drug-likeness (QED) is 0.523. The van der Waals surface area contributed by atoms with Crippen molar-refractivity contribution in [2.45, 2.75) is 39.5 Å². The van der Waals surface area contributed by atoms with Gasteiger partial charge in [-0.05, 0) is 18.8 Å². The minimum Gasteiger partial charge on any atom is -0.481 e. The molecule has 0 saturated carbocycles. The summed E-state index contributed by atoms with van der Waals surface area (Å²) in [5.74, 6) is -0.850. The maximum absolute atomic E-state index is 11.3. The molecular formula is C13H24N2O5. The summed E-state index contributed by atoms with van der Waals surface area (Å²) in [6.07, 6.45) is 1.05. The molecule has 0 radical (unpaired) electrons. The van der Waals surface area contributed by atoms with Crippen LogP contribution in [0.3, 0.4) is 0 Å². The zero-order valence-electron chi connectivity index (χ0n) is 12.1. The Morgan fingerprint density at radius 1 is 1.15 bits per heavy atom. The fourth-order valence-electron chi connectivity index (χ4n) is 1.35. The molecule has 0 aliphatic rings. The SMILES string of the molecule is CC(C)COCCNC(=O)NC(=O)CCCCC(=O)O. The Labute approximate surface area is 119 Å². The summed E-state index contributed by atoms with van der Waals surface area (Å²) in [6.45, 7) is 5.43. The Balaban J connectivity index is 3.50. The van der Waals surface area contributed by atoms with E-state index in [-0.39, 0.29) is 12.8 Å². The Morgan fingerprint density at radius 2 is 1.80 bits per heavy atom. The maximum atomic E-state index is 11.3. The number of imide groups is 1. The number of carboxylic acid groups (broad SMARTS) is 1. The molecule has 0 saturated heterocycles. The molecule has 0 fully saturated rings. The Hall–Kier alpha value is -1.63. The second kappa shape index (κ2) is 11.2. The van der Waals surface area contributed by atoms with Crippen LogP contribution in [0.2, 0.25) is 0 Å². The van der Waals surface area contributed by atoms with Gasteiger partial charge in [0.1, 0.15) is 0 Å². The number of carbonyl (C=O) groups excluding carboxylic acids is 2. The molecule has 3 N–H and O–H groups in total. The van der Waals surface area contributed by atoms with E-state index in [9.17, 15) is 14.4 Å². The van der Waals surface area contributed by atoms with Gasteiger partial charge in [-0.1, -0.05) is 13.8 Å². The third-order valence-electron chi connectivity index (χ3n) is 2.28. The lowest BCUT2D eigenvalue weighted by Gasteiger charge is -2.08. The summed E-state index contributed by atoms with van der Waals surface area (Å²) in [5.41, 5.74) is 0. The molecule has 7 nitrogen and oxygen atoms in total. The van der Waals surface area contributed by atoms with E-state index in [0.29, 0.717) is 38.5 Å². The van der Waals surface area contributed by atoms with Gasteiger partial charge in [0.15, 0.2) is 0 Å². The van der Waals surface area contributed by atoms with Crippen LogP contribution in [0.15, 0.2) is 0 Å². The number of hydrogen-bond donors (Lipinski definition) is 3. The van der Waals surface area contributed by atoms with Gasteiger partial charge in [0.2, 0.25) is 5.91 Å². The number of amides is 3. The van der Waals surface area contributed by atoms with Gasteiger partial charge in [0.05, 0.1) is 6.61 Å². The van der Waals surface area contributed by atoms with Gasteiger partial charge in [-0.2, -0.15) is 0 Å². The zero-order valence-corrected chi connectivity index (χ0v) is 12.1. The number of ether oxygens (including phenoxy) is 1. The second-order valence-corrected chi connectivity index (χ2v) is 4.87. The van der Waals surface area contributed by atoms with E-state index >= 15 is 0 Å². The highest BCUT2D eigenvalue weighted by Crippen LogP contribution is 1.99. The molecule has 7 heteroatoms. The van der Waals surface area contributed by atoms with Crippen LogP contribution in [0, 0.1) is 5.92 Å². The molecule has 0 aromatic heterocycles. The minimum absolute atomic E-state index is 0.0344. The number of nitrogens with one attached hydrogen (secondary N) is 2. The van der Waals surface area contributed by atoms with Crippen LogP contribution in [0.25, 0.3) is 0 Å². The molecule has 0 bridgehead atoms. The second-order valence-electron chi connectivity index (χ2n) is 4.87. The molecule has 0 rings (SSSR count). The average Bonchev–Trinajstić information content (AvgIpc) is 2.33. The van der Waals surface area contributed by atoms with Crippen LogP contribution < -0.4 is 10.6 Å². The molecule has 3 amide bonds. The number of rotatable bonds is 10. The van der Waals surface area contributed by atoms with Crippen molar-refractivity contribution < 1.29 is 24.2 Å². The molecule has 0 aromatic rings. The van der Waals surface area contributed by atoms with Crippen LogP contribution in [-0.4, -0.2) is 42.8 Å². The van der Waals surface area contributed by atoms with Crippen molar-refractivity contribution in [2.75, 3.05) is 19.8 Å². The predicted octanol–water partition coefficient (Wildman–Crippen LogP) is 1.13. The van der Waals surface area contributed by atoms with Gasteiger partial charge in [0.25, 0.3) is 0 Å². The summed E-state index contributed by atoms with van der Waals surface area (Å²) in [4.78, 5) is 32.9. The van der Waals surface area contributed by atoms with Gasteiger partial charge in [0, 0.05) is 26.0 Å². The van der Waals surface area contributed by atoms with Crippen molar-refractivity contribution in [3.63, 3.8) is 0 Å². The largest absolute Gasteiger partial charge is 0.481 e. The van der Waals surface area contributed by atoms with E-state index in [1.807, 2.05) is 13.8 Å². The van der Waals surface area contributed by atoms with E-state index in [0.717, 1.165) is 0 Å². The van der Waals surface area contributed by atoms with E-state index in [2.05, 4.69) is 10.6 Å². The van der Waals surface area contributed by atoms with Crippen LogP contribution in [0.4, 0.5) is 4.79 Å². The first-order chi connectivity index (χ1) is 9.41. The third-order valence-corrected chi connectivity index (χ3v) is 2.28. The lowest BCUT2D eigenvalue weighted by molar-refractivity contribution is -0.137. The lowest BCUT2D eigenvalue weighted by atomic mass is 10.2. The number of aliphatic carboxylic acids is 1. The number of carboxylic acids is 1. The van der Waals surface area contributed by atoms with E-state index in [4.69, 9.17) is 9.84 Å². The fourth-order valence-corrected chi connectivity index (χ4v) is 1.35. The molecule has 20 heavy (non-hydrogen) atoms. The monoisotopic (exact) mass is 288 g/mol. The molecule has 0 aromatic carbocycles. The topological polar surface area (TPSA) is 105 Å². The first kappa shape index (κ1) is 18.4. The molecule has 0 unspecified atom stereocenters. The van der Waals surface area contributed by atoms with Gasteiger partial charge in [-0.25, -0.2) is 4.79 Å². The summed E-state index contributed by atoms with van der Waals surface area (Å²) >= 11 is 0. The predicted molar refractivity (Wildman–Crippen MR) is 73.3 cm³/mol. The first-order valence-electron chi connectivity index (χ1n) is 6.79. The van der Waals surface area contributed by atoms with Gasteiger partial charge < -0.3 is 15.2 Å². The molecule has 0 heterocycles. The van der Waals surface area contributed by atoms with E-state index in [1.165, 1.54) is 0 Å². The number of unbranched alkanes of at least 4 members (excludes halogenated alkanes) is 1. The lowest BCUT2D eigenvalue weighted by Crippen LogP contribution is -2.40. The van der Waals surface area contributed by atoms with Crippen LogP contribution >= 0.6 is 0 Å². The third kappa shape index (κ3) is 12.8. The highest BCUT2D eigenvalue weighted by atomic mass is 16.5. The Morgan fingerprint density at radius 3 is 2.40 bits per heavy atom. The number of carbonyl (C=O) groups is 3. The Kier molecular flexibility index (Phi) is 10.3. The smallest absolute Gasteiger partial charge is 0.321 e. The first-order valence-corrected chi connectivity index (χ1v) is 6.79. The van der Waals surface area contributed by atoms with Crippen molar-refractivity contribution in [3.8, 4) is 0 Å². The number of hydrogen-bond acceptors (Lipinski definition) is 4. The van der Waals surface area contributed by atoms with Gasteiger partial charge >= 0.3 is 12.0 Å². The van der Waals surface area contributed by atoms with Crippen LogP contribution in [0.5, 0.6) is 0 Å². The number of urea groups is 1. The van der Waals surface area contributed by atoms with E-state index in [1.54, 1.807) is 0 Å². The maximum Gasteiger partial charge on any atom is 0.321 e. The van der Waals surface area contributed by atoms with Crippen molar-refractivity contribution >= 4 is 17.9 Å². The Bertz CT molecular complexity index is 318. The summed E-state index contributed by atoms with van der Waals surface area (Å²) < 4.78 is 5.27. The molecular weight excluding hydrogens is 264 g/mol. The normalized spacial score (nSPS) is 10.3. The summed E-state index contributed by atoms with van der Waals surface area (Å²) in [7, 11) is 0. The summed E-state index contributed by atoms with van der Waals surface area (Å²) in [6, 6.07) is -0.554. The highest BCUT2D eigenvalue weighted by molar-refractivity contribution is 5.94. The summed E-state index contributed by atoms with van der Waals surface area (Å²) in [5, 5.41) is 13.1. The molecule has 116 valence electrons. The average molecular weight is 288 g/mol. The van der Waals surface area contributed by atoms with Gasteiger partial charge in [-0.3, -0.25) is 14.9 Å². The van der Waals surface area contributed by atoms with Crippen molar-refractivity contribution in [1.29, 1.82) is 0 Å². The van der Waals surface area contributed by atoms with Crippen molar-refractivity contribution in [2.24, 2.45) is 5.92 Å². The van der Waals surface area contributed by atoms with E-state index < -0.39 is 17.9 Å². The van der Waals surface area contributed by atoms with Crippen molar-refractivity contribution in [1.82, 2.24) is 10.6 Å². The van der Waals surface area contributed by atoms with Gasteiger partial charge in [-0.15, -0.1) is 0 Å². The van der Waals surface area contributed by atoms with Crippen LogP contribution in [-0.2, 0) is 14.3 Å². The molecule has 0 atom stereocenters. The highest BCUT2D eigenvalue weighted by Gasteiger charge is 2.07. The molecule has 0 aliphatic heterocycles. The molecule has 0 aliphatic carbocycles. The fraction of sp³-hybridized carbons (Fsp3) is 0.769. The molecule has 0 spiro atoms. The standard InChI is InChI=1S/C13H24N2O5/c1-10(2)9-20-8-7-14-13(19)15-11(16)5-3-4-6-12(17)18/h10H,3-9H2,1-2H3,(H,17,18)(H2,14,15,16,19).